The lowest BCUT2D eigenvalue weighted by Crippen LogP contribution is -2.35. The van der Waals surface area contributed by atoms with Gasteiger partial charge in [0.15, 0.2) is 39.9 Å². The van der Waals surface area contributed by atoms with Gasteiger partial charge >= 0.3 is 0 Å². The molecule has 0 aliphatic carbocycles. The van der Waals surface area contributed by atoms with Gasteiger partial charge in [-0.2, -0.15) is 32.0 Å². The van der Waals surface area contributed by atoms with Gasteiger partial charge in [0.25, 0.3) is 0 Å². The van der Waals surface area contributed by atoms with Crippen LogP contribution < -0.4 is 32.0 Å². The molecule has 574 valence electrons. The van der Waals surface area contributed by atoms with Crippen molar-refractivity contribution in [3.8, 4) is 78.8 Å². The van der Waals surface area contributed by atoms with Crippen molar-refractivity contribution in [2.45, 2.75) is 145 Å². The summed E-state index contributed by atoms with van der Waals surface area (Å²) < 4.78 is 37.9. The summed E-state index contributed by atoms with van der Waals surface area (Å²) in [5.41, 5.74) is 44.0. The van der Waals surface area contributed by atoms with E-state index in [1.165, 1.54) is 168 Å². The van der Waals surface area contributed by atoms with E-state index in [1.807, 2.05) is 32.2 Å². The number of rotatable bonds is 7. The summed E-state index contributed by atoms with van der Waals surface area (Å²) in [6.07, 6.45) is 0. The van der Waals surface area contributed by atoms with E-state index in [1.54, 1.807) is 12.1 Å². The molecule has 0 bridgehead atoms. The van der Waals surface area contributed by atoms with Crippen molar-refractivity contribution in [3.05, 3.63) is 373 Å². The van der Waals surface area contributed by atoms with Gasteiger partial charge in [-0.25, -0.2) is 0 Å². The third kappa shape index (κ3) is 21.4. The van der Waals surface area contributed by atoms with Gasteiger partial charge in [0.1, 0.15) is 49.3 Å². The number of aromatic nitrogens is 7. The molecule has 7 aromatic heterocycles. The Bertz CT molecular complexity index is 5430. The second kappa shape index (κ2) is 39.5. The zero-order valence-corrected chi connectivity index (χ0v) is 72.4. The maximum Gasteiger partial charge on any atom is 0.215 e. The van der Waals surface area contributed by atoms with Crippen molar-refractivity contribution < 1.29 is 36.1 Å². The summed E-state index contributed by atoms with van der Waals surface area (Å²) >= 11 is 0. The van der Waals surface area contributed by atoms with Crippen molar-refractivity contribution >= 4 is 0 Å². The molecule has 0 unspecified atom stereocenters. The number of pyridine rings is 7. The van der Waals surface area contributed by atoms with Crippen LogP contribution in [0.1, 0.15) is 122 Å². The molecule has 0 spiro atoms. The predicted octanol–water partition coefficient (Wildman–Crippen LogP) is 21.7. The molecule has 0 aliphatic heterocycles. The van der Waals surface area contributed by atoms with E-state index in [-0.39, 0.29) is 0 Å². The summed E-state index contributed by atoms with van der Waals surface area (Å²) in [6, 6.07) is 89.1. The number of hydrogen-bond donors (Lipinski definition) is 0. The highest BCUT2D eigenvalue weighted by molar-refractivity contribution is 5.69. The zero-order valence-electron chi connectivity index (χ0n) is 75.4. The van der Waals surface area contributed by atoms with Crippen molar-refractivity contribution in [1.82, 2.24) is 0 Å². The Hall–Kier alpha value is -11.4. The Morgan fingerprint density at radius 3 is 0.759 bits per heavy atom. The van der Waals surface area contributed by atoms with E-state index in [4.69, 9.17) is 4.11 Å². The van der Waals surface area contributed by atoms with Crippen molar-refractivity contribution in [3.63, 3.8) is 0 Å². The molecule has 0 atom stereocenters. The van der Waals surface area contributed by atoms with E-state index >= 15 is 0 Å². The van der Waals surface area contributed by atoms with Gasteiger partial charge in [-0.05, 0) is 220 Å². The van der Waals surface area contributed by atoms with Crippen LogP contribution in [0.3, 0.4) is 0 Å². The molecule has 0 saturated carbocycles. The van der Waals surface area contributed by atoms with Crippen LogP contribution in [0.5, 0.6) is 0 Å². The van der Waals surface area contributed by atoms with Crippen LogP contribution in [0.15, 0.2) is 255 Å². The lowest BCUT2D eigenvalue weighted by molar-refractivity contribution is -0.667. The van der Waals surface area contributed by atoms with E-state index in [0.717, 1.165) is 22.5 Å². The molecular weight excluding hydrogens is 1360 g/mol. The number of aryl methyl sites for hydroxylation is 21. The number of hydrogen-bond acceptors (Lipinski definition) is 0. The summed E-state index contributed by atoms with van der Waals surface area (Å²) in [6.45, 7) is 40.7. The Labute approximate surface area is 678 Å². The predicted molar refractivity (Wildman–Crippen MR) is 471 cm³/mol. The van der Waals surface area contributed by atoms with E-state index in [2.05, 4.69) is 430 Å². The molecule has 14 rings (SSSR count). The van der Waals surface area contributed by atoms with Crippen molar-refractivity contribution in [1.29, 1.82) is 0 Å². The molecule has 0 saturated heterocycles. The van der Waals surface area contributed by atoms with Gasteiger partial charge in [0.05, 0.1) is 11.1 Å². The maximum absolute atomic E-state index is 7.45. The molecule has 0 fully saturated rings. The van der Waals surface area contributed by atoms with Crippen LogP contribution in [0, 0.1) is 145 Å². The molecule has 7 aromatic carbocycles. The molecule has 112 heavy (non-hydrogen) atoms. The fourth-order valence-corrected chi connectivity index (χ4v) is 14.4. The third-order valence-electron chi connectivity index (χ3n) is 22.2. The zero-order chi connectivity index (χ0) is 84.4. The molecule has 7 heteroatoms. The van der Waals surface area contributed by atoms with Crippen LogP contribution in [-0.2, 0) is 49.3 Å². The Balaban J connectivity index is 0.000000168. The monoisotopic (exact) mass is 1490 g/mol. The normalized spacial score (nSPS) is 11.0. The summed E-state index contributed by atoms with van der Waals surface area (Å²) in [7, 11) is 14.8. The molecule has 7 heterocycles. The lowest BCUT2D eigenvalue weighted by Gasteiger charge is -2.08. The average molecular weight is 1490 g/mol. The van der Waals surface area contributed by atoms with Gasteiger partial charge in [-0.1, -0.05) is 126 Å². The van der Waals surface area contributed by atoms with Crippen molar-refractivity contribution in [2.75, 3.05) is 0 Å². The van der Waals surface area contributed by atoms with Crippen LogP contribution in [-0.4, -0.2) is 0 Å². The van der Waals surface area contributed by atoms with Gasteiger partial charge in [0, 0.05) is 164 Å². The second-order valence-electron chi connectivity index (χ2n) is 30.5. The van der Waals surface area contributed by atoms with Gasteiger partial charge < -0.3 is 0 Å². The van der Waals surface area contributed by atoms with Gasteiger partial charge in [-0.3, -0.25) is 0 Å². The molecule has 0 radical (unpaired) electrons. The minimum Gasteiger partial charge on any atom is -0.199 e. The maximum atomic E-state index is 7.45. The first-order chi connectivity index (χ1) is 54.4. The number of nitrogens with zero attached hydrogens (tertiary/aromatic N) is 7. The smallest absolute Gasteiger partial charge is 0.199 e. The highest BCUT2D eigenvalue weighted by Crippen LogP contribution is 2.30. The standard InChI is InChI=1S/7C15H18N/c2*1-11-7-5-8-12(2)15(11)14-10-6-9-13(3)16(14)4;1-11-8-9-14(12(2)10-11)15-7-5-6-13(3)16(15)4;2*1-11-8-9-12(2)14(10-11)15-7-5-6-13(3)16(15)4;2*1-11-7-5-6-8-14(11)15-12(2)9-10-13(3)16(15)4/h7*5-10H,1-4H3/q7*+1/i;;1D3;;;;. The summed E-state index contributed by atoms with van der Waals surface area (Å²) in [4.78, 5) is 0. The fraction of sp³-hybridized carbons (Fsp3) is 0.267. The van der Waals surface area contributed by atoms with Crippen LogP contribution >= 0.6 is 0 Å². The van der Waals surface area contributed by atoms with Crippen LogP contribution in [0.4, 0.5) is 0 Å². The largest absolute Gasteiger partial charge is 0.215 e. The highest BCUT2D eigenvalue weighted by Gasteiger charge is 2.22. The summed E-state index contributed by atoms with van der Waals surface area (Å²) in [5.74, 6) is 0. The average Bonchev–Trinajstić information content (AvgIpc) is 0.834. The minimum absolute atomic E-state index is 0.393. The minimum atomic E-state index is -2.04. The first-order valence-corrected chi connectivity index (χ1v) is 39.2. The van der Waals surface area contributed by atoms with Crippen molar-refractivity contribution in [2.24, 2.45) is 49.3 Å². The Kier molecular flexibility index (Phi) is 28.8. The second-order valence-corrected chi connectivity index (χ2v) is 30.5. The highest BCUT2D eigenvalue weighted by atomic mass is 15.0. The van der Waals surface area contributed by atoms with Crippen LogP contribution in [0.25, 0.3) is 78.8 Å². The Morgan fingerprint density at radius 2 is 0.438 bits per heavy atom. The van der Waals surface area contributed by atoms with Gasteiger partial charge in [0.2, 0.25) is 39.9 Å². The topological polar surface area (TPSA) is 27.2 Å². The molecule has 14 aromatic rings. The van der Waals surface area contributed by atoms with E-state index < -0.39 is 6.85 Å². The van der Waals surface area contributed by atoms with E-state index in [0.29, 0.717) is 5.56 Å². The molecule has 0 N–H and O–H groups in total. The lowest BCUT2D eigenvalue weighted by atomic mass is 9.99. The van der Waals surface area contributed by atoms with Gasteiger partial charge in [-0.15, -0.1) is 0 Å². The molecule has 0 amide bonds. The molecular formula is C105H126N7+7. The SMILES string of the molecule is Cc1ccc(C)c(-c2cccc(C)[n+]2C)c1.Cc1ccc(C)c(-c2cccc(C)[n+]2C)c1.Cc1cccc(C)c1-c1cccc(C)[n+]1C.Cc1cccc(C)c1-c1cccc(C)[n+]1C.Cc1ccccc1-c1c(C)ccc(C)[n+]1C.Cc1ccccc1-c1c(C)ccc(C)[n+]1C.[2H]C([2H])([2H])c1ccc(-c2cccc(C)[n+]2C)c(C)c1. The molecule has 7 nitrogen and oxygen atoms in total. The first kappa shape index (κ1) is 81.6. The third-order valence-corrected chi connectivity index (χ3v) is 22.2. The molecule has 0 aliphatic rings. The van der Waals surface area contributed by atoms with Crippen LogP contribution in [0.2, 0.25) is 0 Å². The quantitative estimate of drug-likeness (QED) is 0.142. The summed E-state index contributed by atoms with van der Waals surface area (Å²) in [5, 5.41) is 0. The number of benzene rings is 7. The van der Waals surface area contributed by atoms with E-state index in [9.17, 15) is 0 Å². The fourth-order valence-electron chi connectivity index (χ4n) is 14.4. The Morgan fingerprint density at radius 1 is 0.179 bits per heavy atom. The first-order valence-electron chi connectivity index (χ1n) is 40.7.